The molecular formula is C13H18N4O. The van der Waals surface area contributed by atoms with Crippen molar-refractivity contribution in [3.05, 3.63) is 33.4 Å². The molecule has 5 heteroatoms. The number of nitrogens with zero attached hydrogens (tertiary/aromatic N) is 3. The summed E-state index contributed by atoms with van der Waals surface area (Å²) in [5.74, 6) is 0. The van der Waals surface area contributed by atoms with Crippen molar-refractivity contribution in [2.24, 2.45) is 0 Å². The number of aromatic amines is 1. The molecule has 96 valence electrons. The van der Waals surface area contributed by atoms with Gasteiger partial charge in [-0.15, -0.1) is 0 Å². The standard InChI is InChI=1S/C13H18N4O/c1-16(2)8-9-7-14-17-12(9)15-11-6-4-3-5-10(11)13(17)18/h7,14H,3-6,8H2,1-2H3. The fourth-order valence-electron chi connectivity index (χ4n) is 2.65. The lowest BCUT2D eigenvalue weighted by Gasteiger charge is -2.14. The lowest BCUT2D eigenvalue weighted by atomic mass is 9.97. The SMILES string of the molecule is CN(C)Cc1c[nH]n2c(=O)c3c(nc12)CCCC3. The molecule has 0 spiro atoms. The van der Waals surface area contributed by atoms with Crippen molar-refractivity contribution in [2.45, 2.75) is 32.2 Å². The van der Waals surface area contributed by atoms with Gasteiger partial charge in [0.15, 0.2) is 5.65 Å². The van der Waals surface area contributed by atoms with Crippen molar-refractivity contribution < 1.29 is 0 Å². The molecule has 0 aliphatic heterocycles. The van der Waals surface area contributed by atoms with Crippen LogP contribution in [0.1, 0.15) is 29.7 Å². The number of nitrogens with one attached hydrogen (secondary N) is 1. The van der Waals surface area contributed by atoms with E-state index in [2.05, 4.69) is 10.00 Å². The normalized spacial score (nSPS) is 15.3. The molecule has 0 radical (unpaired) electrons. The smallest absolute Gasteiger partial charge is 0.276 e. The van der Waals surface area contributed by atoms with Crippen LogP contribution in [-0.2, 0) is 19.4 Å². The number of fused-ring (bicyclic) bond motifs is 2. The Bertz CT molecular complexity index is 638. The molecule has 0 saturated carbocycles. The first-order valence-electron chi connectivity index (χ1n) is 6.42. The minimum absolute atomic E-state index is 0.0831. The maximum absolute atomic E-state index is 12.4. The lowest BCUT2D eigenvalue weighted by molar-refractivity contribution is 0.403. The number of aryl methyl sites for hydroxylation is 1. The summed E-state index contributed by atoms with van der Waals surface area (Å²) in [4.78, 5) is 19.1. The third kappa shape index (κ3) is 1.75. The van der Waals surface area contributed by atoms with Gasteiger partial charge in [-0.25, -0.2) is 9.50 Å². The molecule has 2 aromatic heterocycles. The van der Waals surface area contributed by atoms with Gasteiger partial charge < -0.3 is 4.90 Å². The summed E-state index contributed by atoms with van der Waals surface area (Å²) >= 11 is 0. The quantitative estimate of drug-likeness (QED) is 0.859. The highest BCUT2D eigenvalue weighted by molar-refractivity contribution is 5.48. The summed E-state index contributed by atoms with van der Waals surface area (Å²) in [6.07, 6.45) is 5.93. The summed E-state index contributed by atoms with van der Waals surface area (Å²) in [6, 6.07) is 0. The Morgan fingerprint density at radius 2 is 2.17 bits per heavy atom. The van der Waals surface area contributed by atoms with Gasteiger partial charge in [0.25, 0.3) is 5.56 Å². The molecule has 1 N–H and O–H groups in total. The van der Waals surface area contributed by atoms with Crippen LogP contribution >= 0.6 is 0 Å². The highest BCUT2D eigenvalue weighted by Gasteiger charge is 2.18. The second-order valence-electron chi connectivity index (χ2n) is 5.24. The average Bonchev–Trinajstić information content (AvgIpc) is 2.73. The van der Waals surface area contributed by atoms with Gasteiger partial charge in [-0.3, -0.25) is 9.89 Å². The van der Waals surface area contributed by atoms with E-state index in [1.165, 1.54) is 0 Å². The van der Waals surface area contributed by atoms with Crippen molar-refractivity contribution in [1.29, 1.82) is 0 Å². The van der Waals surface area contributed by atoms with Crippen molar-refractivity contribution in [2.75, 3.05) is 14.1 Å². The molecule has 0 saturated heterocycles. The van der Waals surface area contributed by atoms with E-state index >= 15 is 0 Å². The zero-order valence-electron chi connectivity index (χ0n) is 10.9. The third-order valence-corrected chi connectivity index (χ3v) is 3.49. The second kappa shape index (κ2) is 4.24. The van der Waals surface area contributed by atoms with Crippen molar-refractivity contribution >= 4 is 5.65 Å². The van der Waals surface area contributed by atoms with Crippen LogP contribution in [-0.4, -0.2) is 33.6 Å². The first-order chi connectivity index (χ1) is 8.66. The number of aromatic nitrogens is 3. The topological polar surface area (TPSA) is 53.4 Å². The highest BCUT2D eigenvalue weighted by atomic mass is 16.1. The van der Waals surface area contributed by atoms with E-state index < -0.39 is 0 Å². The van der Waals surface area contributed by atoms with Crippen LogP contribution in [0, 0.1) is 0 Å². The van der Waals surface area contributed by atoms with E-state index in [1.54, 1.807) is 4.52 Å². The minimum Gasteiger partial charge on any atom is -0.305 e. The molecule has 2 heterocycles. The van der Waals surface area contributed by atoms with Crippen molar-refractivity contribution in [3.63, 3.8) is 0 Å². The molecular weight excluding hydrogens is 228 g/mol. The highest BCUT2D eigenvalue weighted by Crippen LogP contribution is 2.18. The van der Waals surface area contributed by atoms with Gasteiger partial charge in [-0.05, 0) is 39.8 Å². The summed E-state index contributed by atoms with van der Waals surface area (Å²) in [7, 11) is 4.03. The van der Waals surface area contributed by atoms with Crippen LogP contribution in [0.25, 0.3) is 5.65 Å². The summed E-state index contributed by atoms with van der Waals surface area (Å²) in [6.45, 7) is 0.790. The Morgan fingerprint density at radius 1 is 1.39 bits per heavy atom. The first kappa shape index (κ1) is 11.5. The molecule has 0 atom stereocenters. The minimum atomic E-state index is 0.0831. The monoisotopic (exact) mass is 246 g/mol. The number of hydrogen-bond donors (Lipinski definition) is 1. The average molecular weight is 246 g/mol. The lowest BCUT2D eigenvalue weighted by Crippen LogP contribution is -2.25. The zero-order chi connectivity index (χ0) is 12.7. The number of rotatable bonds is 2. The molecule has 5 nitrogen and oxygen atoms in total. The first-order valence-corrected chi connectivity index (χ1v) is 6.42. The van der Waals surface area contributed by atoms with Crippen LogP contribution in [0.2, 0.25) is 0 Å². The molecule has 1 aliphatic rings. The molecule has 0 aromatic carbocycles. The van der Waals surface area contributed by atoms with Crippen molar-refractivity contribution in [3.8, 4) is 0 Å². The number of hydrogen-bond acceptors (Lipinski definition) is 3. The Kier molecular flexibility index (Phi) is 2.70. The Labute approximate surface area is 105 Å². The van der Waals surface area contributed by atoms with E-state index in [0.717, 1.165) is 54.7 Å². The molecule has 18 heavy (non-hydrogen) atoms. The van der Waals surface area contributed by atoms with E-state index in [4.69, 9.17) is 4.98 Å². The van der Waals surface area contributed by atoms with Gasteiger partial charge in [0.1, 0.15) is 0 Å². The maximum Gasteiger partial charge on any atom is 0.276 e. The van der Waals surface area contributed by atoms with E-state index in [-0.39, 0.29) is 5.56 Å². The Morgan fingerprint density at radius 3 is 2.94 bits per heavy atom. The predicted molar refractivity (Wildman–Crippen MR) is 69.8 cm³/mol. The fourth-order valence-corrected chi connectivity index (χ4v) is 2.65. The molecule has 0 unspecified atom stereocenters. The van der Waals surface area contributed by atoms with E-state index in [0.29, 0.717) is 0 Å². The van der Waals surface area contributed by atoms with Crippen LogP contribution in [0.5, 0.6) is 0 Å². The Hall–Kier alpha value is -1.62. The molecule has 0 fully saturated rings. The fraction of sp³-hybridized carbons (Fsp3) is 0.538. The summed E-state index contributed by atoms with van der Waals surface area (Å²) in [5, 5.41) is 3.03. The summed E-state index contributed by atoms with van der Waals surface area (Å²) < 4.78 is 1.59. The van der Waals surface area contributed by atoms with Crippen molar-refractivity contribution in [1.82, 2.24) is 19.5 Å². The van der Waals surface area contributed by atoms with Crippen LogP contribution < -0.4 is 5.56 Å². The van der Waals surface area contributed by atoms with Crippen LogP contribution in [0.15, 0.2) is 11.0 Å². The number of H-pyrrole nitrogens is 1. The molecule has 3 rings (SSSR count). The Balaban J connectivity index is 2.21. The molecule has 0 amide bonds. The van der Waals surface area contributed by atoms with E-state index in [1.807, 2.05) is 20.3 Å². The zero-order valence-corrected chi connectivity index (χ0v) is 10.9. The van der Waals surface area contributed by atoms with Gasteiger partial charge >= 0.3 is 0 Å². The summed E-state index contributed by atoms with van der Waals surface area (Å²) in [5.41, 5.74) is 3.85. The molecule has 1 aliphatic carbocycles. The molecule has 0 bridgehead atoms. The van der Waals surface area contributed by atoms with Gasteiger partial charge in [-0.1, -0.05) is 0 Å². The van der Waals surface area contributed by atoms with Gasteiger partial charge in [-0.2, -0.15) is 0 Å². The van der Waals surface area contributed by atoms with Crippen LogP contribution in [0.3, 0.4) is 0 Å². The van der Waals surface area contributed by atoms with Crippen LogP contribution in [0.4, 0.5) is 0 Å². The van der Waals surface area contributed by atoms with Gasteiger partial charge in [0, 0.05) is 23.9 Å². The molecule has 2 aromatic rings. The third-order valence-electron chi connectivity index (χ3n) is 3.49. The second-order valence-corrected chi connectivity index (χ2v) is 5.24. The van der Waals surface area contributed by atoms with E-state index in [9.17, 15) is 4.79 Å². The predicted octanol–water partition coefficient (Wildman–Crippen LogP) is 0.963. The largest absolute Gasteiger partial charge is 0.305 e. The van der Waals surface area contributed by atoms with Gasteiger partial charge in [0.2, 0.25) is 0 Å². The maximum atomic E-state index is 12.4. The van der Waals surface area contributed by atoms with Gasteiger partial charge in [0.05, 0.1) is 5.69 Å².